The van der Waals surface area contributed by atoms with Crippen molar-refractivity contribution in [1.82, 2.24) is 39.0 Å². The molecule has 2 fully saturated rings. The molecule has 226 valence electrons. The van der Waals surface area contributed by atoms with E-state index in [1.165, 1.54) is 10.9 Å². The van der Waals surface area contributed by atoms with Crippen molar-refractivity contribution in [1.29, 1.82) is 0 Å². The summed E-state index contributed by atoms with van der Waals surface area (Å²) in [5.74, 6) is -0.264. The van der Waals surface area contributed by atoms with Gasteiger partial charge < -0.3 is 36.0 Å². The van der Waals surface area contributed by atoms with Gasteiger partial charge in [-0.3, -0.25) is 28.0 Å². The predicted octanol–water partition coefficient (Wildman–Crippen LogP) is -1.55. The molecule has 0 saturated carbocycles. The van der Waals surface area contributed by atoms with Gasteiger partial charge in [0.15, 0.2) is 47.4 Å². The van der Waals surface area contributed by atoms with Gasteiger partial charge in [0.05, 0.1) is 25.9 Å². The van der Waals surface area contributed by atoms with Crippen LogP contribution in [-0.2, 0) is 23.1 Å². The Balaban J connectivity index is 1.19. The first-order chi connectivity index (χ1) is 20.0. The predicted molar refractivity (Wildman–Crippen MR) is 134 cm³/mol. The summed E-state index contributed by atoms with van der Waals surface area (Å²) in [5.41, 5.74) is 10.6. The molecule has 8 N–H and O–H groups in total. The van der Waals surface area contributed by atoms with Gasteiger partial charge in [-0.05, 0) is 0 Å². The van der Waals surface area contributed by atoms with Crippen molar-refractivity contribution < 1.29 is 47.0 Å². The second-order valence-corrected chi connectivity index (χ2v) is 10.8. The topological polar surface area (TPSA) is 274 Å². The highest BCUT2D eigenvalue weighted by Crippen LogP contribution is 2.50. The number of rotatable bonds is 8. The molecule has 4 aromatic rings. The van der Waals surface area contributed by atoms with Crippen molar-refractivity contribution in [3.8, 4) is 0 Å². The van der Waals surface area contributed by atoms with Crippen LogP contribution in [0.4, 0.5) is 20.5 Å². The van der Waals surface area contributed by atoms with E-state index < -0.39 is 75.8 Å². The molecular weight excluding hydrogens is 593 g/mol. The van der Waals surface area contributed by atoms with Crippen LogP contribution in [0, 0.1) is 0 Å². The van der Waals surface area contributed by atoms with Gasteiger partial charge in [0.25, 0.3) is 5.56 Å². The molecule has 0 radical (unpaired) electrons. The van der Waals surface area contributed by atoms with Crippen molar-refractivity contribution in [2.45, 2.75) is 49.2 Å². The lowest BCUT2D eigenvalue weighted by atomic mass is 10.1. The monoisotopic (exact) mass is 616 g/mol. The van der Waals surface area contributed by atoms with Gasteiger partial charge >= 0.3 is 7.82 Å². The van der Waals surface area contributed by atoms with Gasteiger partial charge in [-0.25, -0.2) is 33.3 Å². The molecule has 6 rings (SSSR count). The number of fused-ring (bicyclic) bond motifs is 2. The lowest BCUT2D eigenvalue weighted by Gasteiger charge is -2.24. The fourth-order valence-corrected chi connectivity index (χ4v) is 5.71. The lowest BCUT2D eigenvalue weighted by molar-refractivity contribution is -0.0600. The van der Waals surface area contributed by atoms with E-state index in [4.69, 9.17) is 30.0 Å². The number of alkyl halides is 2. The van der Waals surface area contributed by atoms with Gasteiger partial charge in [0.1, 0.15) is 36.3 Å². The summed E-state index contributed by atoms with van der Waals surface area (Å²) < 4.78 is 66.4. The number of imidazole rings is 2. The van der Waals surface area contributed by atoms with E-state index in [1.54, 1.807) is 0 Å². The van der Waals surface area contributed by atoms with Crippen molar-refractivity contribution in [2.75, 3.05) is 24.7 Å². The number of hydrogen-bond donors (Lipinski definition) is 6. The van der Waals surface area contributed by atoms with Crippen LogP contribution in [0.25, 0.3) is 22.3 Å². The number of nitrogen functional groups attached to an aromatic ring is 2. The number of aliphatic hydroxyl groups excluding tert-OH is 2. The van der Waals surface area contributed by atoms with Crippen LogP contribution in [0.2, 0.25) is 0 Å². The maximum Gasteiger partial charge on any atom is 0.472 e. The fraction of sp³-hybridized carbons (Fsp3) is 0.500. The second-order valence-electron chi connectivity index (χ2n) is 9.38. The number of nitrogens with two attached hydrogens (primary N) is 2. The number of aromatic amines is 1. The third-order valence-electron chi connectivity index (χ3n) is 6.78. The van der Waals surface area contributed by atoms with E-state index in [9.17, 15) is 24.5 Å². The van der Waals surface area contributed by atoms with Crippen molar-refractivity contribution in [2.24, 2.45) is 0 Å². The number of aliphatic hydroxyl groups is 2. The number of nitrogens with one attached hydrogen (secondary N) is 1. The van der Waals surface area contributed by atoms with Crippen molar-refractivity contribution in [3.63, 3.8) is 0 Å². The molecule has 0 aromatic carbocycles. The van der Waals surface area contributed by atoms with E-state index >= 15 is 8.78 Å². The minimum atomic E-state index is -5.18. The van der Waals surface area contributed by atoms with E-state index in [0.29, 0.717) is 0 Å². The van der Waals surface area contributed by atoms with Crippen LogP contribution in [0.1, 0.15) is 12.5 Å². The highest BCUT2D eigenvalue weighted by atomic mass is 31.2. The van der Waals surface area contributed by atoms with Crippen LogP contribution in [-0.4, -0.2) is 104 Å². The minimum Gasteiger partial charge on any atom is -0.394 e. The average Bonchev–Trinajstić information content (AvgIpc) is 3.69. The third-order valence-corrected chi connectivity index (χ3v) is 7.77. The van der Waals surface area contributed by atoms with Gasteiger partial charge in [0.2, 0.25) is 5.95 Å². The molecule has 42 heavy (non-hydrogen) atoms. The number of phosphoric acid groups is 1. The number of ether oxygens (including phenoxy) is 2. The number of halogens is 2. The minimum absolute atomic E-state index is 0.0319. The fourth-order valence-electron chi connectivity index (χ4n) is 4.78. The normalized spacial score (nSPS) is 31.3. The molecule has 0 amide bonds. The van der Waals surface area contributed by atoms with Crippen molar-refractivity contribution >= 4 is 41.9 Å². The van der Waals surface area contributed by atoms with Crippen LogP contribution < -0.4 is 17.0 Å². The number of phosphoric ester groups is 1. The zero-order chi connectivity index (χ0) is 29.9. The Morgan fingerprint density at radius 1 is 1.02 bits per heavy atom. The Kier molecular flexibility index (Phi) is 7.14. The lowest BCUT2D eigenvalue weighted by Crippen LogP contribution is -2.33. The van der Waals surface area contributed by atoms with Gasteiger partial charge in [-0.1, -0.05) is 0 Å². The van der Waals surface area contributed by atoms with Crippen LogP contribution >= 0.6 is 7.82 Å². The van der Waals surface area contributed by atoms with Gasteiger partial charge in [-0.2, -0.15) is 4.98 Å². The SMILES string of the molecule is Nc1nc2c(ncn2[C@@H]2O[C@H](CO)C(F)[C@@H]2OP(=O)(O)OC[C@H]2O[C@@H](n3cnc4c(N)ncnc43)[C@@H](F)C2O)c(=O)[nH]1. The maximum absolute atomic E-state index is 15.2. The Labute approximate surface area is 231 Å². The van der Waals surface area contributed by atoms with Crippen LogP contribution in [0.3, 0.4) is 0 Å². The molecule has 2 aliphatic heterocycles. The summed E-state index contributed by atoms with van der Waals surface area (Å²) in [6.07, 6.45) is -10.6. The first-order valence-corrected chi connectivity index (χ1v) is 13.7. The Morgan fingerprint density at radius 3 is 2.45 bits per heavy atom. The molecule has 0 spiro atoms. The average molecular weight is 616 g/mol. The van der Waals surface area contributed by atoms with Crippen molar-refractivity contribution in [3.05, 3.63) is 29.3 Å². The number of nitrogens with zero attached hydrogens (tertiary/aromatic N) is 7. The molecule has 22 heteroatoms. The van der Waals surface area contributed by atoms with E-state index in [1.807, 2.05) is 0 Å². The largest absolute Gasteiger partial charge is 0.472 e. The third kappa shape index (κ3) is 4.78. The molecule has 2 aliphatic rings. The Morgan fingerprint density at radius 2 is 1.71 bits per heavy atom. The summed E-state index contributed by atoms with van der Waals surface area (Å²) in [7, 11) is -5.18. The molecule has 19 nitrogen and oxygen atoms in total. The first-order valence-electron chi connectivity index (χ1n) is 12.2. The van der Waals surface area contributed by atoms with Crippen LogP contribution in [0.15, 0.2) is 23.8 Å². The number of H-pyrrole nitrogens is 1. The summed E-state index contributed by atoms with van der Waals surface area (Å²) in [6.45, 7) is -1.70. The molecule has 4 aromatic heterocycles. The quantitative estimate of drug-likeness (QED) is 0.122. The molecule has 0 bridgehead atoms. The summed E-state index contributed by atoms with van der Waals surface area (Å²) in [5, 5.41) is 20.0. The molecule has 6 heterocycles. The number of aromatic nitrogens is 8. The molecule has 2 saturated heterocycles. The Hall–Kier alpha value is -3.69. The summed E-state index contributed by atoms with van der Waals surface area (Å²) in [6, 6.07) is 0. The molecule has 0 aliphatic carbocycles. The molecule has 3 unspecified atom stereocenters. The van der Waals surface area contributed by atoms with Gasteiger partial charge in [0, 0.05) is 0 Å². The summed E-state index contributed by atoms with van der Waals surface area (Å²) in [4.78, 5) is 44.4. The number of anilines is 2. The van der Waals surface area contributed by atoms with E-state index in [0.717, 1.165) is 17.2 Å². The van der Waals surface area contributed by atoms with Crippen LogP contribution in [0.5, 0.6) is 0 Å². The van der Waals surface area contributed by atoms with Gasteiger partial charge in [-0.15, -0.1) is 0 Å². The highest BCUT2D eigenvalue weighted by molar-refractivity contribution is 7.47. The van der Waals surface area contributed by atoms with E-state index in [2.05, 4.69) is 29.9 Å². The zero-order valence-electron chi connectivity index (χ0n) is 21.0. The second kappa shape index (κ2) is 10.5. The first kappa shape index (κ1) is 28.4. The number of hydrogen-bond acceptors (Lipinski definition) is 15. The van der Waals surface area contributed by atoms with E-state index in [-0.39, 0.29) is 34.1 Å². The summed E-state index contributed by atoms with van der Waals surface area (Å²) >= 11 is 0. The zero-order valence-corrected chi connectivity index (χ0v) is 21.9. The standard InChI is InChI=1S/C20H23F2N10O9P/c21-8-6(1-33)39-19(32-5-28-11-16(32)29-20(24)30-17(11)35)13(8)41-42(36,37)38-2-7-12(34)9(22)18(40-7)31-4-27-10-14(23)25-3-26-15(10)31/h3-9,12-13,18-19,33-34H,1-2H2,(H,36,37)(H2,23,25,26)(H3,24,29,30,35)/t6-,7-,8?,9+,12?,13+,18-,19-/m1/s1. The molecular formula is C20H23F2N10O9P. The maximum atomic E-state index is 15.2. The smallest absolute Gasteiger partial charge is 0.394 e. The molecule has 9 atom stereocenters. The Bertz CT molecular complexity index is 1740. The highest BCUT2D eigenvalue weighted by Gasteiger charge is 2.51.